The summed E-state index contributed by atoms with van der Waals surface area (Å²) in [7, 11) is 0. The number of fused-ring (bicyclic) bond motifs is 1. The Hall–Kier alpha value is -1.06. The van der Waals surface area contributed by atoms with E-state index in [0.717, 1.165) is 38.3 Å². The Morgan fingerprint density at radius 2 is 2.25 bits per heavy atom. The van der Waals surface area contributed by atoms with E-state index in [1.165, 1.54) is 11.1 Å². The molecule has 2 unspecified atom stereocenters. The van der Waals surface area contributed by atoms with Crippen molar-refractivity contribution in [3.63, 3.8) is 0 Å². The zero-order valence-electron chi connectivity index (χ0n) is 12.9. The third-order valence-electron chi connectivity index (χ3n) is 4.51. The van der Waals surface area contributed by atoms with Crippen LogP contribution in [0.2, 0.25) is 0 Å². The molecular weight excluding hydrogens is 248 g/mol. The molecule has 1 fully saturated rings. The van der Waals surface area contributed by atoms with Crippen molar-refractivity contribution in [3.05, 3.63) is 29.3 Å². The number of rotatable bonds is 3. The minimum Gasteiger partial charge on any atom is -0.488 e. The van der Waals surface area contributed by atoms with Gasteiger partial charge in [0.25, 0.3) is 0 Å². The molecule has 2 atom stereocenters. The highest BCUT2D eigenvalue weighted by atomic mass is 16.5. The van der Waals surface area contributed by atoms with Crippen LogP contribution in [0.3, 0.4) is 0 Å². The molecule has 0 saturated carbocycles. The van der Waals surface area contributed by atoms with Gasteiger partial charge >= 0.3 is 0 Å². The fourth-order valence-corrected chi connectivity index (χ4v) is 3.29. The van der Waals surface area contributed by atoms with Crippen molar-refractivity contribution < 1.29 is 4.74 Å². The molecule has 2 aliphatic rings. The van der Waals surface area contributed by atoms with Crippen molar-refractivity contribution >= 4 is 0 Å². The fourth-order valence-electron chi connectivity index (χ4n) is 3.29. The van der Waals surface area contributed by atoms with Gasteiger partial charge in [-0.2, -0.15) is 0 Å². The van der Waals surface area contributed by atoms with E-state index in [1.807, 2.05) is 0 Å². The first kappa shape index (κ1) is 13.9. The zero-order valence-corrected chi connectivity index (χ0v) is 12.9. The second-order valence-electron chi connectivity index (χ2n) is 6.62. The van der Waals surface area contributed by atoms with E-state index in [2.05, 4.69) is 49.2 Å². The van der Waals surface area contributed by atoms with E-state index in [1.54, 1.807) is 0 Å². The Labute approximate surface area is 122 Å². The molecule has 3 heteroatoms. The first-order valence-corrected chi connectivity index (χ1v) is 7.84. The van der Waals surface area contributed by atoms with Gasteiger partial charge < -0.3 is 10.1 Å². The molecule has 3 nitrogen and oxygen atoms in total. The monoisotopic (exact) mass is 274 g/mol. The normalized spacial score (nSPS) is 26.6. The lowest BCUT2D eigenvalue weighted by molar-refractivity contribution is 0.113. The van der Waals surface area contributed by atoms with Crippen LogP contribution < -0.4 is 10.1 Å². The summed E-state index contributed by atoms with van der Waals surface area (Å²) < 4.78 is 6.10. The van der Waals surface area contributed by atoms with Gasteiger partial charge in [-0.15, -0.1) is 0 Å². The van der Waals surface area contributed by atoms with Gasteiger partial charge in [-0.3, -0.25) is 4.90 Å². The first-order valence-electron chi connectivity index (χ1n) is 7.84. The summed E-state index contributed by atoms with van der Waals surface area (Å²) >= 11 is 0. The van der Waals surface area contributed by atoms with E-state index in [-0.39, 0.29) is 0 Å². The first-order chi connectivity index (χ1) is 9.61. The molecule has 110 valence electrons. The Balaban J connectivity index is 1.57. The number of hydrogen-bond acceptors (Lipinski definition) is 3. The lowest BCUT2D eigenvalue weighted by Crippen LogP contribution is -2.54. The maximum absolute atomic E-state index is 6.10. The molecule has 3 rings (SSSR count). The Bertz CT molecular complexity index is 472. The SMILES string of the molecule is Cc1ccc2c(c1)CC(CN1CCNC(C(C)C)C1)O2. The van der Waals surface area contributed by atoms with Crippen molar-refractivity contribution in [2.45, 2.75) is 39.3 Å². The molecule has 2 aliphatic heterocycles. The van der Waals surface area contributed by atoms with Gasteiger partial charge in [0.2, 0.25) is 0 Å². The Morgan fingerprint density at radius 1 is 1.40 bits per heavy atom. The highest BCUT2D eigenvalue weighted by molar-refractivity contribution is 5.40. The van der Waals surface area contributed by atoms with Crippen LogP contribution in [0.25, 0.3) is 0 Å². The minimum atomic E-state index is 0.331. The number of nitrogens with zero attached hydrogens (tertiary/aromatic N) is 1. The molecule has 1 aromatic rings. The lowest BCUT2D eigenvalue weighted by atomic mass is 10.0. The van der Waals surface area contributed by atoms with Crippen molar-refractivity contribution in [1.29, 1.82) is 0 Å². The molecule has 0 spiro atoms. The highest BCUT2D eigenvalue weighted by Crippen LogP contribution is 2.30. The zero-order chi connectivity index (χ0) is 14.1. The number of ether oxygens (including phenoxy) is 1. The third-order valence-corrected chi connectivity index (χ3v) is 4.51. The summed E-state index contributed by atoms with van der Waals surface area (Å²) in [5, 5.41) is 3.62. The minimum absolute atomic E-state index is 0.331. The van der Waals surface area contributed by atoms with Crippen LogP contribution in [0.5, 0.6) is 5.75 Å². The van der Waals surface area contributed by atoms with Gasteiger partial charge in [-0.05, 0) is 24.5 Å². The van der Waals surface area contributed by atoms with Gasteiger partial charge in [0.15, 0.2) is 0 Å². The summed E-state index contributed by atoms with van der Waals surface area (Å²) in [6.45, 7) is 11.2. The molecule has 2 heterocycles. The standard InChI is InChI=1S/C17H26N2O/c1-12(2)16-11-19(7-6-18-16)10-15-9-14-8-13(3)4-5-17(14)20-15/h4-5,8,12,15-16,18H,6-7,9-11H2,1-3H3. The maximum Gasteiger partial charge on any atom is 0.123 e. The number of piperazine rings is 1. The smallest absolute Gasteiger partial charge is 0.123 e. The number of benzene rings is 1. The fraction of sp³-hybridized carbons (Fsp3) is 0.647. The van der Waals surface area contributed by atoms with E-state index < -0.39 is 0 Å². The predicted molar refractivity (Wildman–Crippen MR) is 82.4 cm³/mol. The van der Waals surface area contributed by atoms with Crippen LogP contribution in [0.15, 0.2) is 18.2 Å². The van der Waals surface area contributed by atoms with E-state index >= 15 is 0 Å². The second-order valence-corrected chi connectivity index (χ2v) is 6.62. The second kappa shape index (κ2) is 5.74. The summed E-state index contributed by atoms with van der Waals surface area (Å²) in [5.74, 6) is 1.79. The largest absolute Gasteiger partial charge is 0.488 e. The van der Waals surface area contributed by atoms with E-state index in [0.29, 0.717) is 18.1 Å². The molecule has 1 aromatic carbocycles. The van der Waals surface area contributed by atoms with E-state index in [9.17, 15) is 0 Å². The van der Waals surface area contributed by atoms with Crippen LogP contribution in [-0.4, -0.2) is 43.2 Å². The molecule has 0 bridgehead atoms. The van der Waals surface area contributed by atoms with Gasteiger partial charge in [0, 0.05) is 38.6 Å². The summed E-state index contributed by atoms with van der Waals surface area (Å²) in [5.41, 5.74) is 2.71. The highest BCUT2D eigenvalue weighted by Gasteiger charge is 2.28. The van der Waals surface area contributed by atoms with Crippen LogP contribution in [0.4, 0.5) is 0 Å². The van der Waals surface area contributed by atoms with Gasteiger partial charge in [0.1, 0.15) is 11.9 Å². The van der Waals surface area contributed by atoms with Gasteiger partial charge in [-0.25, -0.2) is 0 Å². The molecule has 1 N–H and O–H groups in total. The van der Waals surface area contributed by atoms with Crippen LogP contribution in [0.1, 0.15) is 25.0 Å². The number of aryl methyl sites for hydroxylation is 1. The average molecular weight is 274 g/mol. The predicted octanol–water partition coefficient (Wildman–Crippen LogP) is 2.23. The van der Waals surface area contributed by atoms with Crippen LogP contribution in [0, 0.1) is 12.8 Å². The molecule has 20 heavy (non-hydrogen) atoms. The van der Waals surface area contributed by atoms with Gasteiger partial charge in [-0.1, -0.05) is 31.5 Å². The average Bonchev–Trinajstić information content (AvgIpc) is 2.80. The molecule has 0 aromatic heterocycles. The van der Waals surface area contributed by atoms with Gasteiger partial charge in [0.05, 0.1) is 0 Å². The van der Waals surface area contributed by atoms with Crippen molar-refractivity contribution in [2.75, 3.05) is 26.2 Å². The van der Waals surface area contributed by atoms with Crippen molar-refractivity contribution in [1.82, 2.24) is 10.2 Å². The quantitative estimate of drug-likeness (QED) is 0.915. The van der Waals surface area contributed by atoms with Crippen LogP contribution in [-0.2, 0) is 6.42 Å². The molecular formula is C17H26N2O. The molecule has 0 aliphatic carbocycles. The summed E-state index contributed by atoms with van der Waals surface area (Å²) in [6.07, 6.45) is 1.39. The van der Waals surface area contributed by atoms with E-state index in [4.69, 9.17) is 4.74 Å². The summed E-state index contributed by atoms with van der Waals surface area (Å²) in [4.78, 5) is 2.56. The number of nitrogens with one attached hydrogen (secondary N) is 1. The maximum atomic E-state index is 6.10. The van der Waals surface area contributed by atoms with Crippen LogP contribution >= 0.6 is 0 Å². The summed E-state index contributed by atoms with van der Waals surface area (Å²) in [6, 6.07) is 7.15. The molecule has 0 amide bonds. The Kier molecular flexibility index (Phi) is 3.99. The third kappa shape index (κ3) is 2.99. The van der Waals surface area contributed by atoms with Crippen molar-refractivity contribution in [3.8, 4) is 5.75 Å². The molecule has 0 radical (unpaired) electrons. The Morgan fingerprint density at radius 3 is 3.05 bits per heavy atom. The lowest BCUT2D eigenvalue weighted by Gasteiger charge is -2.36. The van der Waals surface area contributed by atoms with Crippen molar-refractivity contribution in [2.24, 2.45) is 5.92 Å². The topological polar surface area (TPSA) is 24.5 Å². The molecule has 1 saturated heterocycles. The number of hydrogen-bond donors (Lipinski definition) is 1.